The van der Waals surface area contributed by atoms with Crippen LogP contribution in [0.2, 0.25) is 0 Å². The molecule has 0 aliphatic heterocycles. The Balaban J connectivity index is 1.43. The Kier molecular flexibility index (Phi) is 6.80. The lowest BCUT2D eigenvalue weighted by Gasteiger charge is -2.28. The van der Waals surface area contributed by atoms with Gasteiger partial charge in [-0.25, -0.2) is 0 Å². The van der Waals surface area contributed by atoms with Gasteiger partial charge in [-0.3, -0.25) is 0 Å². The van der Waals surface area contributed by atoms with Gasteiger partial charge in [0.15, 0.2) is 0 Å². The van der Waals surface area contributed by atoms with Gasteiger partial charge in [-0.15, -0.1) is 0 Å². The standard InChI is InChI=1S/C39H33N/c1-4-5-6-8-13-29-18-22-32(23-19-29)40(33-24-20-31(21-25-33)30-14-9-7-10-15-30)34-26-27-36-35-16-11-12-17-37(35)39(2,3)38(36)28-34/h4-28H,1H2,2-3H3/b6-5-,13-8+. The highest BCUT2D eigenvalue weighted by atomic mass is 15.1. The summed E-state index contributed by atoms with van der Waals surface area (Å²) in [6.45, 7) is 8.40. The number of allylic oxidation sites excluding steroid dienone is 4. The lowest BCUT2D eigenvalue weighted by molar-refractivity contribution is 0.660. The quantitative estimate of drug-likeness (QED) is 0.195. The molecule has 0 atom stereocenters. The molecule has 6 rings (SSSR count). The summed E-state index contributed by atoms with van der Waals surface area (Å²) in [6, 6.07) is 43.9. The molecule has 0 fully saturated rings. The molecule has 1 aliphatic carbocycles. The molecular formula is C39H33N. The number of hydrogen-bond donors (Lipinski definition) is 0. The zero-order valence-electron chi connectivity index (χ0n) is 23.1. The van der Waals surface area contributed by atoms with Crippen LogP contribution in [0.25, 0.3) is 28.3 Å². The number of rotatable bonds is 7. The lowest BCUT2D eigenvalue weighted by atomic mass is 9.82. The molecule has 0 unspecified atom stereocenters. The topological polar surface area (TPSA) is 3.24 Å². The van der Waals surface area contributed by atoms with E-state index in [9.17, 15) is 0 Å². The number of fused-ring (bicyclic) bond motifs is 3. The second kappa shape index (κ2) is 10.7. The number of anilines is 3. The molecule has 0 saturated carbocycles. The zero-order chi connectivity index (χ0) is 27.5. The van der Waals surface area contributed by atoms with Crippen molar-refractivity contribution in [2.45, 2.75) is 19.3 Å². The Hall–Kier alpha value is -4.88. The molecule has 0 N–H and O–H groups in total. The van der Waals surface area contributed by atoms with Crippen molar-refractivity contribution in [1.82, 2.24) is 0 Å². The summed E-state index contributed by atoms with van der Waals surface area (Å²) in [4.78, 5) is 2.36. The van der Waals surface area contributed by atoms with Crippen molar-refractivity contribution in [2.75, 3.05) is 4.90 Å². The third kappa shape index (κ3) is 4.72. The lowest BCUT2D eigenvalue weighted by Crippen LogP contribution is -2.16. The highest BCUT2D eigenvalue weighted by Gasteiger charge is 2.35. The van der Waals surface area contributed by atoms with Crippen molar-refractivity contribution in [3.63, 3.8) is 0 Å². The highest BCUT2D eigenvalue weighted by Crippen LogP contribution is 2.50. The zero-order valence-corrected chi connectivity index (χ0v) is 23.1. The largest absolute Gasteiger partial charge is 0.310 e. The van der Waals surface area contributed by atoms with E-state index < -0.39 is 0 Å². The normalized spacial score (nSPS) is 13.3. The Morgan fingerprint density at radius 2 is 1.15 bits per heavy atom. The van der Waals surface area contributed by atoms with Crippen LogP contribution in [0, 0.1) is 0 Å². The minimum Gasteiger partial charge on any atom is -0.310 e. The number of nitrogens with zero attached hydrogens (tertiary/aromatic N) is 1. The smallest absolute Gasteiger partial charge is 0.0465 e. The molecular weight excluding hydrogens is 482 g/mol. The van der Waals surface area contributed by atoms with Gasteiger partial charge in [-0.2, -0.15) is 0 Å². The maximum absolute atomic E-state index is 3.73. The molecule has 1 nitrogen and oxygen atoms in total. The summed E-state index contributed by atoms with van der Waals surface area (Å²) in [5.74, 6) is 0. The molecule has 0 bridgehead atoms. The van der Waals surface area contributed by atoms with Crippen molar-refractivity contribution in [1.29, 1.82) is 0 Å². The predicted octanol–water partition coefficient (Wildman–Crippen LogP) is 10.9. The summed E-state index contributed by atoms with van der Waals surface area (Å²) < 4.78 is 0. The van der Waals surface area contributed by atoms with Gasteiger partial charge in [0.2, 0.25) is 0 Å². The average molecular weight is 516 g/mol. The van der Waals surface area contributed by atoms with E-state index in [1.54, 1.807) is 6.08 Å². The van der Waals surface area contributed by atoms with E-state index in [-0.39, 0.29) is 5.41 Å². The fourth-order valence-corrected chi connectivity index (χ4v) is 5.76. The number of benzene rings is 5. The van der Waals surface area contributed by atoms with E-state index in [1.807, 2.05) is 18.2 Å². The van der Waals surface area contributed by atoms with Gasteiger partial charge in [0.05, 0.1) is 0 Å². The molecule has 40 heavy (non-hydrogen) atoms. The average Bonchev–Trinajstić information content (AvgIpc) is 3.23. The molecule has 0 amide bonds. The van der Waals surface area contributed by atoms with Crippen LogP contribution in [0.3, 0.4) is 0 Å². The van der Waals surface area contributed by atoms with Crippen molar-refractivity contribution in [3.8, 4) is 22.3 Å². The van der Waals surface area contributed by atoms with Crippen LogP contribution in [-0.2, 0) is 5.41 Å². The van der Waals surface area contributed by atoms with E-state index in [1.165, 1.54) is 33.4 Å². The Bertz CT molecular complexity index is 1700. The van der Waals surface area contributed by atoms with E-state index in [2.05, 4.69) is 153 Å². The molecule has 0 saturated heterocycles. The van der Waals surface area contributed by atoms with Gasteiger partial charge >= 0.3 is 0 Å². The Labute approximate surface area is 238 Å². The minimum absolute atomic E-state index is 0.0572. The summed E-state index contributed by atoms with van der Waals surface area (Å²) in [7, 11) is 0. The van der Waals surface area contributed by atoms with E-state index in [4.69, 9.17) is 0 Å². The SMILES string of the molecule is C=C/C=C\C=C\c1ccc(N(c2ccc(-c3ccccc3)cc2)c2ccc3c(c2)C(C)(C)c2ccccc2-3)cc1. The molecule has 0 spiro atoms. The first-order valence-electron chi connectivity index (χ1n) is 13.8. The van der Waals surface area contributed by atoms with Gasteiger partial charge in [0, 0.05) is 22.5 Å². The molecule has 1 aliphatic rings. The van der Waals surface area contributed by atoms with Crippen molar-refractivity contribution >= 4 is 23.1 Å². The molecule has 1 heteroatoms. The summed E-state index contributed by atoms with van der Waals surface area (Å²) >= 11 is 0. The molecule has 0 heterocycles. The van der Waals surface area contributed by atoms with Crippen LogP contribution < -0.4 is 4.90 Å². The fourth-order valence-electron chi connectivity index (χ4n) is 5.76. The molecule has 5 aromatic carbocycles. The van der Waals surface area contributed by atoms with E-state index in [0.29, 0.717) is 0 Å². The number of hydrogen-bond acceptors (Lipinski definition) is 1. The summed E-state index contributed by atoms with van der Waals surface area (Å²) in [5.41, 5.74) is 12.4. The first kappa shape index (κ1) is 25.4. The maximum atomic E-state index is 3.73. The summed E-state index contributed by atoms with van der Waals surface area (Å²) in [6.07, 6.45) is 9.85. The second-order valence-electron chi connectivity index (χ2n) is 10.7. The van der Waals surface area contributed by atoms with Crippen molar-refractivity contribution < 1.29 is 0 Å². The third-order valence-electron chi connectivity index (χ3n) is 7.86. The van der Waals surface area contributed by atoms with E-state index >= 15 is 0 Å². The van der Waals surface area contributed by atoms with Gasteiger partial charge < -0.3 is 4.90 Å². The molecule has 0 aromatic heterocycles. The van der Waals surface area contributed by atoms with Crippen LogP contribution in [0.15, 0.2) is 152 Å². The van der Waals surface area contributed by atoms with Gasteiger partial charge in [-0.05, 0) is 75.3 Å². The molecule has 194 valence electrons. The van der Waals surface area contributed by atoms with Crippen LogP contribution >= 0.6 is 0 Å². The van der Waals surface area contributed by atoms with Gasteiger partial charge in [0.25, 0.3) is 0 Å². The predicted molar refractivity (Wildman–Crippen MR) is 172 cm³/mol. The van der Waals surface area contributed by atoms with Crippen molar-refractivity contribution in [2.24, 2.45) is 0 Å². The highest BCUT2D eigenvalue weighted by molar-refractivity contribution is 5.86. The Morgan fingerprint density at radius 3 is 1.88 bits per heavy atom. The molecule has 0 radical (unpaired) electrons. The van der Waals surface area contributed by atoms with Crippen molar-refractivity contribution in [3.05, 3.63) is 169 Å². The second-order valence-corrected chi connectivity index (χ2v) is 10.7. The first-order valence-corrected chi connectivity index (χ1v) is 13.8. The van der Waals surface area contributed by atoms with Gasteiger partial charge in [0.1, 0.15) is 0 Å². The summed E-state index contributed by atoms with van der Waals surface area (Å²) in [5, 5.41) is 0. The van der Waals surface area contributed by atoms with Gasteiger partial charge in [-0.1, -0.05) is 136 Å². The van der Waals surface area contributed by atoms with Crippen LogP contribution in [0.1, 0.15) is 30.5 Å². The Morgan fingerprint density at radius 1 is 0.550 bits per heavy atom. The van der Waals surface area contributed by atoms with Crippen LogP contribution in [0.4, 0.5) is 17.1 Å². The first-order chi connectivity index (χ1) is 19.6. The maximum Gasteiger partial charge on any atom is 0.0465 e. The minimum atomic E-state index is -0.0572. The van der Waals surface area contributed by atoms with Crippen LogP contribution in [0.5, 0.6) is 0 Å². The van der Waals surface area contributed by atoms with Crippen LogP contribution in [-0.4, -0.2) is 0 Å². The third-order valence-corrected chi connectivity index (χ3v) is 7.86. The fraction of sp³-hybridized carbons (Fsp3) is 0.0769. The molecule has 5 aromatic rings. The van der Waals surface area contributed by atoms with E-state index in [0.717, 1.165) is 22.6 Å². The monoisotopic (exact) mass is 515 g/mol.